The first kappa shape index (κ1) is 12.8. The molecule has 5 N–H and O–H groups in total. The average molecular weight is 243 g/mol. The molecule has 0 aliphatic carbocycles. The highest BCUT2D eigenvalue weighted by Gasteiger charge is 2.10. The molecule has 0 heterocycles. The summed E-state index contributed by atoms with van der Waals surface area (Å²) in [5.41, 5.74) is 7.94. The molecule has 0 saturated carbocycles. The average Bonchev–Trinajstić information content (AvgIpc) is 2.15. The first-order valence-corrected chi connectivity index (χ1v) is 5.61. The maximum Gasteiger partial charge on any atom is 0.234 e. The van der Waals surface area contributed by atoms with Crippen LogP contribution in [0.4, 0.5) is 10.1 Å². The number of nitrogen functional groups attached to an aromatic ring is 1. The van der Waals surface area contributed by atoms with Gasteiger partial charge in [-0.2, -0.15) is 0 Å². The maximum atomic E-state index is 13.0. The van der Waals surface area contributed by atoms with E-state index in [-0.39, 0.29) is 23.4 Å². The number of nitrogens with two attached hydrogens (primary N) is 2. The Labute approximate surface area is 97.5 Å². The monoisotopic (exact) mass is 243 g/mol. The molecule has 0 radical (unpaired) electrons. The number of halogens is 1. The summed E-state index contributed by atoms with van der Waals surface area (Å²) >= 11 is 1.38. The molecule has 0 fully saturated rings. The van der Waals surface area contributed by atoms with E-state index in [0.29, 0.717) is 10.6 Å². The Bertz CT molecular complexity index is 366. The fourth-order valence-corrected chi connectivity index (χ4v) is 2.33. The molecule has 0 bridgehead atoms. The molecule has 4 nitrogen and oxygen atoms in total. The largest absolute Gasteiger partial charge is 0.399 e. The number of carbonyl (C=O) groups is 1. The maximum absolute atomic E-state index is 13.0. The Morgan fingerprint density at radius 2 is 2.25 bits per heavy atom. The molecule has 1 atom stereocenters. The number of rotatable bonds is 4. The van der Waals surface area contributed by atoms with Gasteiger partial charge in [-0.15, -0.1) is 11.8 Å². The predicted octanol–water partition coefficient (Wildman–Crippen LogP) is 1.27. The van der Waals surface area contributed by atoms with E-state index in [2.05, 4.69) is 5.43 Å². The van der Waals surface area contributed by atoms with Crippen LogP contribution in [-0.2, 0) is 4.79 Å². The predicted molar refractivity (Wildman–Crippen MR) is 63.1 cm³/mol. The lowest BCUT2D eigenvalue weighted by molar-refractivity contribution is -0.121. The SMILES string of the molecule is CC(CC(=O)NN)Sc1cc(N)cc(F)c1. The molecule has 1 aromatic carbocycles. The van der Waals surface area contributed by atoms with Crippen molar-refractivity contribution < 1.29 is 9.18 Å². The number of carbonyl (C=O) groups excluding carboxylic acids is 1. The van der Waals surface area contributed by atoms with Crippen LogP contribution in [-0.4, -0.2) is 11.2 Å². The molecule has 1 amide bonds. The number of hydrogen-bond donors (Lipinski definition) is 3. The molecule has 0 aliphatic heterocycles. The Kier molecular flexibility index (Phi) is 4.57. The Balaban J connectivity index is 2.62. The van der Waals surface area contributed by atoms with Crippen molar-refractivity contribution in [2.24, 2.45) is 5.84 Å². The highest BCUT2D eigenvalue weighted by molar-refractivity contribution is 8.00. The molecule has 1 aromatic rings. The van der Waals surface area contributed by atoms with Crippen molar-refractivity contribution in [3.8, 4) is 0 Å². The lowest BCUT2D eigenvalue weighted by Gasteiger charge is -2.10. The number of nitrogens with one attached hydrogen (secondary N) is 1. The number of benzene rings is 1. The Hall–Kier alpha value is -1.27. The van der Waals surface area contributed by atoms with E-state index < -0.39 is 0 Å². The zero-order valence-electron chi connectivity index (χ0n) is 8.87. The minimum absolute atomic E-state index is 0.00440. The van der Waals surface area contributed by atoms with Crippen LogP contribution in [0.1, 0.15) is 13.3 Å². The smallest absolute Gasteiger partial charge is 0.234 e. The van der Waals surface area contributed by atoms with Gasteiger partial charge in [0.05, 0.1) is 0 Å². The minimum atomic E-state index is -0.377. The molecule has 0 spiro atoms. The minimum Gasteiger partial charge on any atom is -0.399 e. The number of hydrazine groups is 1. The van der Waals surface area contributed by atoms with Crippen molar-refractivity contribution in [3.05, 3.63) is 24.0 Å². The van der Waals surface area contributed by atoms with Crippen molar-refractivity contribution in [3.63, 3.8) is 0 Å². The van der Waals surface area contributed by atoms with Gasteiger partial charge in [-0.25, -0.2) is 10.2 Å². The first-order valence-electron chi connectivity index (χ1n) is 4.73. The highest BCUT2D eigenvalue weighted by Crippen LogP contribution is 2.27. The fourth-order valence-electron chi connectivity index (χ4n) is 1.25. The second-order valence-electron chi connectivity index (χ2n) is 3.42. The number of hydrogen-bond acceptors (Lipinski definition) is 4. The molecular formula is C10H14FN3OS. The summed E-state index contributed by atoms with van der Waals surface area (Å²) in [6.45, 7) is 1.86. The summed E-state index contributed by atoms with van der Waals surface area (Å²) in [6, 6.07) is 4.31. The van der Waals surface area contributed by atoms with Crippen LogP contribution in [0.3, 0.4) is 0 Å². The normalized spacial score (nSPS) is 12.2. The van der Waals surface area contributed by atoms with E-state index in [1.54, 1.807) is 6.07 Å². The zero-order valence-corrected chi connectivity index (χ0v) is 9.68. The lowest BCUT2D eigenvalue weighted by atomic mass is 10.3. The quantitative estimate of drug-likeness (QED) is 0.244. The van der Waals surface area contributed by atoms with Crippen LogP contribution in [0, 0.1) is 5.82 Å². The summed E-state index contributed by atoms with van der Waals surface area (Å²) < 4.78 is 13.0. The molecule has 88 valence electrons. The van der Waals surface area contributed by atoms with Gasteiger partial charge in [-0.1, -0.05) is 6.92 Å². The van der Waals surface area contributed by atoms with E-state index in [1.165, 1.54) is 23.9 Å². The van der Waals surface area contributed by atoms with E-state index in [4.69, 9.17) is 11.6 Å². The van der Waals surface area contributed by atoms with E-state index in [0.717, 1.165) is 0 Å². The molecule has 0 aliphatic rings. The third kappa shape index (κ3) is 4.08. The molecular weight excluding hydrogens is 229 g/mol. The Morgan fingerprint density at radius 1 is 1.56 bits per heavy atom. The zero-order chi connectivity index (χ0) is 12.1. The summed E-state index contributed by atoms with van der Waals surface area (Å²) in [6.07, 6.45) is 0.275. The van der Waals surface area contributed by atoms with Crippen LogP contribution in [0.25, 0.3) is 0 Å². The van der Waals surface area contributed by atoms with Crippen molar-refractivity contribution in [1.29, 1.82) is 0 Å². The highest BCUT2D eigenvalue weighted by atomic mass is 32.2. The van der Waals surface area contributed by atoms with Gasteiger partial charge in [0.15, 0.2) is 0 Å². The van der Waals surface area contributed by atoms with Crippen molar-refractivity contribution >= 4 is 23.4 Å². The van der Waals surface area contributed by atoms with Gasteiger partial charge < -0.3 is 5.73 Å². The molecule has 16 heavy (non-hydrogen) atoms. The lowest BCUT2D eigenvalue weighted by Crippen LogP contribution is -2.31. The topological polar surface area (TPSA) is 81.1 Å². The summed E-state index contributed by atoms with van der Waals surface area (Å²) in [5, 5.41) is 0.00440. The van der Waals surface area contributed by atoms with Gasteiger partial charge in [0.1, 0.15) is 5.82 Å². The number of amides is 1. The van der Waals surface area contributed by atoms with Gasteiger partial charge in [0.2, 0.25) is 5.91 Å². The van der Waals surface area contributed by atoms with E-state index in [1.807, 2.05) is 6.92 Å². The van der Waals surface area contributed by atoms with Crippen molar-refractivity contribution in [1.82, 2.24) is 5.43 Å². The molecule has 6 heteroatoms. The van der Waals surface area contributed by atoms with Crippen LogP contribution in [0.5, 0.6) is 0 Å². The number of thioether (sulfide) groups is 1. The fraction of sp³-hybridized carbons (Fsp3) is 0.300. The van der Waals surface area contributed by atoms with Gasteiger partial charge in [0, 0.05) is 22.3 Å². The van der Waals surface area contributed by atoms with Gasteiger partial charge in [0.25, 0.3) is 0 Å². The molecule has 0 aromatic heterocycles. The second kappa shape index (κ2) is 5.72. The van der Waals surface area contributed by atoms with Crippen LogP contribution >= 0.6 is 11.8 Å². The molecule has 1 rings (SSSR count). The third-order valence-corrected chi connectivity index (χ3v) is 2.94. The first-order chi connectivity index (χ1) is 7.51. The standard InChI is InChI=1S/C10H14FN3OS/c1-6(2-10(15)14-13)16-9-4-7(11)3-8(12)5-9/h3-6H,2,12-13H2,1H3,(H,14,15). The second-order valence-corrected chi connectivity index (χ2v) is 4.93. The summed E-state index contributed by atoms with van der Waals surface area (Å²) in [7, 11) is 0. The van der Waals surface area contributed by atoms with E-state index in [9.17, 15) is 9.18 Å². The van der Waals surface area contributed by atoms with Crippen LogP contribution < -0.4 is 17.0 Å². The van der Waals surface area contributed by atoms with Crippen LogP contribution in [0.2, 0.25) is 0 Å². The molecule has 1 unspecified atom stereocenters. The van der Waals surface area contributed by atoms with Gasteiger partial charge >= 0.3 is 0 Å². The summed E-state index contributed by atoms with van der Waals surface area (Å²) in [4.78, 5) is 11.7. The molecule has 0 saturated heterocycles. The van der Waals surface area contributed by atoms with Crippen LogP contribution in [0.15, 0.2) is 23.1 Å². The van der Waals surface area contributed by atoms with E-state index >= 15 is 0 Å². The van der Waals surface area contributed by atoms with Gasteiger partial charge in [-0.3, -0.25) is 10.2 Å². The van der Waals surface area contributed by atoms with Crippen molar-refractivity contribution in [2.75, 3.05) is 5.73 Å². The summed E-state index contributed by atoms with van der Waals surface area (Å²) in [5.74, 6) is 4.35. The van der Waals surface area contributed by atoms with Gasteiger partial charge in [-0.05, 0) is 18.2 Å². The van der Waals surface area contributed by atoms with Crippen molar-refractivity contribution in [2.45, 2.75) is 23.5 Å². The Morgan fingerprint density at radius 3 is 2.81 bits per heavy atom. The third-order valence-electron chi connectivity index (χ3n) is 1.86. The number of anilines is 1.